The number of halogens is 1. The van der Waals surface area contributed by atoms with E-state index in [1.165, 1.54) is 11.3 Å². The summed E-state index contributed by atoms with van der Waals surface area (Å²) in [6, 6.07) is 8.73. The van der Waals surface area contributed by atoms with E-state index >= 15 is 0 Å². The number of nitrogens with one attached hydrogen (secondary N) is 2. The van der Waals surface area contributed by atoms with Crippen LogP contribution in [0.5, 0.6) is 0 Å². The maximum atomic E-state index is 11.8. The standard InChI is InChI=1S/C14H17ClN2O2S2/c1-3-16-21(18,19)13-6-4-12(5-7-13)17-10(2)11-8-14(15)20-9-11/h4-10,16-17H,3H2,1-2H3. The molecule has 0 aliphatic carbocycles. The van der Waals surface area contributed by atoms with E-state index in [4.69, 9.17) is 11.6 Å². The van der Waals surface area contributed by atoms with Gasteiger partial charge in [0.05, 0.1) is 9.23 Å². The Morgan fingerprint density at radius 3 is 2.48 bits per heavy atom. The molecule has 0 bridgehead atoms. The van der Waals surface area contributed by atoms with Crippen molar-refractivity contribution in [1.82, 2.24) is 4.72 Å². The van der Waals surface area contributed by atoms with Crippen LogP contribution >= 0.6 is 22.9 Å². The molecule has 1 aromatic heterocycles. The average Bonchev–Trinajstić information content (AvgIpc) is 2.86. The first-order valence-corrected chi connectivity index (χ1v) is 9.26. The third kappa shape index (κ3) is 4.20. The van der Waals surface area contributed by atoms with Crippen LogP contribution in [0, 0.1) is 0 Å². The molecular formula is C14H17ClN2O2S2. The Labute approximate surface area is 134 Å². The molecule has 7 heteroatoms. The van der Waals surface area contributed by atoms with Gasteiger partial charge in [-0.15, -0.1) is 11.3 Å². The summed E-state index contributed by atoms with van der Waals surface area (Å²) in [5.41, 5.74) is 1.97. The van der Waals surface area contributed by atoms with Gasteiger partial charge in [-0.05, 0) is 48.2 Å². The molecule has 0 aliphatic heterocycles. The molecule has 0 radical (unpaired) electrons. The van der Waals surface area contributed by atoms with Gasteiger partial charge in [-0.3, -0.25) is 0 Å². The molecule has 0 spiro atoms. The first-order valence-electron chi connectivity index (χ1n) is 6.52. The van der Waals surface area contributed by atoms with E-state index in [0.29, 0.717) is 6.54 Å². The number of hydrogen-bond acceptors (Lipinski definition) is 4. The molecule has 1 atom stereocenters. The van der Waals surface area contributed by atoms with E-state index in [-0.39, 0.29) is 10.9 Å². The van der Waals surface area contributed by atoms with Crippen molar-refractivity contribution >= 4 is 38.6 Å². The molecule has 0 fully saturated rings. The third-order valence-electron chi connectivity index (χ3n) is 2.97. The highest BCUT2D eigenvalue weighted by Crippen LogP contribution is 2.27. The van der Waals surface area contributed by atoms with Gasteiger partial charge in [-0.1, -0.05) is 18.5 Å². The Morgan fingerprint density at radius 2 is 1.95 bits per heavy atom. The highest BCUT2D eigenvalue weighted by atomic mass is 35.5. The molecule has 1 aromatic carbocycles. The van der Waals surface area contributed by atoms with Gasteiger partial charge in [0, 0.05) is 18.3 Å². The summed E-state index contributed by atoms with van der Waals surface area (Å²) in [5.74, 6) is 0. The second-order valence-corrected chi connectivity index (χ2v) is 7.89. The summed E-state index contributed by atoms with van der Waals surface area (Å²) < 4.78 is 26.9. The number of rotatable bonds is 6. The van der Waals surface area contributed by atoms with Crippen LogP contribution in [0.2, 0.25) is 4.34 Å². The van der Waals surface area contributed by atoms with Gasteiger partial charge in [0.15, 0.2) is 0 Å². The Bertz CT molecular complexity index is 696. The van der Waals surface area contributed by atoms with Crippen molar-refractivity contribution in [3.05, 3.63) is 45.6 Å². The lowest BCUT2D eigenvalue weighted by Gasteiger charge is -2.14. The van der Waals surface area contributed by atoms with Crippen LogP contribution in [0.3, 0.4) is 0 Å². The Hall–Kier alpha value is -1.08. The zero-order valence-corrected chi connectivity index (χ0v) is 14.1. The van der Waals surface area contributed by atoms with Gasteiger partial charge in [-0.2, -0.15) is 0 Å². The van der Waals surface area contributed by atoms with Crippen molar-refractivity contribution in [2.45, 2.75) is 24.8 Å². The molecule has 21 heavy (non-hydrogen) atoms. The lowest BCUT2D eigenvalue weighted by molar-refractivity contribution is 0.584. The lowest BCUT2D eigenvalue weighted by atomic mass is 10.1. The fraction of sp³-hybridized carbons (Fsp3) is 0.286. The monoisotopic (exact) mass is 344 g/mol. The molecule has 0 aliphatic rings. The van der Waals surface area contributed by atoms with Gasteiger partial charge >= 0.3 is 0 Å². The number of benzene rings is 1. The van der Waals surface area contributed by atoms with Crippen molar-refractivity contribution in [3.8, 4) is 0 Å². The first kappa shape index (κ1) is 16.3. The molecule has 0 amide bonds. The zero-order chi connectivity index (χ0) is 15.5. The van der Waals surface area contributed by atoms with Crippen LogP contribution in [0.4, 0.5) is 5.69 Å². The average molecular weight is 345 g/mol. The number of sulfonamides is 1. The Kier molecular flexibility index (Phi) is 5.27. The predicted octanol–water partition coefficient (Wildman–Crippen LogP) is 3.87. The minimum atomic E-state index is -3.40. The highest BCUT2D eigenvalue weighted by molar-refractivity contribution is 7.89. The minimum Gasteiger partial charge on any atom is -0.378 e. The summed E-state index contributed by atoms with van der Waals surface area (Å²) in [6.45, 7) is 4.15. The van der Waals surface area contributed by atoms with Crippen LogP contribution < -0.4 is 10.0 Å². The molecule has 0 saturated carbocycles. The topological polar surface area (TPSA) is 58.2 Å². The summed E-state index contributed by atoms with van der Waals surface area (Å²) in [7, 11) is -3.40. The van der Waals surface area contributed by atoms with E-state index in [2.05, 4.69) is 10.0 Å². The normalized spacial score (nSPS) is 13.1. The molecular weight excluding hydrogens is 328 g/mol. The zero-order valence-electron chi connectivity index (χ0n) is 11.8. The van der Waals surface area contributed by atoms with Gasteiger partial charge < -0.3 is 5.32 Å². The SMILES string of the molecule is CCNS(=O)(=O)c1ccc(NC(C)c2csc(Cl)c2)cc1. The van der Waals surface area contributed by atoms with E-state index in [9.17, 15) is 8.42 Å². The summed E-state index contributed by atoms with van der Waals surface area (Å²) in [5, 5.41) is 5.32. The van der Waals surface area contributed by atoms with E-state index in [0.717, 1.165) is 15.6 Å². The fourth-order valence-electron chi connectivity index (χ4n) is 1.89. The smallest absolute Gasteiger partial charge is 0.240 e. The van der Waals surface area contributed by atoms with E-state index in [1.807, 2.05) is 18.4 Å². The molecule has 1 heterocycles. The second-order valence-electron chi connectivity index (χ2n) is 4.58. The fourth-order valence-corrected chi connectivity index (χ4v) is 3.91. The molecule has 114 valence electrons. The van der Waals surface area contributed by atoms with Crippen LogP contribution in [0.15, 0.2) is 40.6 Å². The molecule has 2 N–H and O–H groups in total. The summed E-state index contributed by atoms with van der Waals surface area (Å²) in [6.07, 6.45) is 0. The van der Waals surface area contributed by atoms with Crippen LogP contribution in [0.25, 0.3) is 0 Å². The summed E-state index contributed by atoms with van der Waals surface area (Å²) in [4.78, 5) is 0.265. The summed E-state index contributed by atoms with van der Waals surface area (Å²) >= 11 is 7.42. The van der Waals surface area contributed by atoms with Gasteiger partial charge in [0.2, 0.25) is 10.0 Å². The first-order chi connectivity index (χ1) is 9.92. The highest BCUT2D eigenvalue weighted by Gasteiger charge is 2.13. The van der Waals surface area contributed by atoms with Gasteiger partial charge in [0.1, 0.15) is 0 Å². The van der Waals surface area contributed by atoms with E-state index in [1.54, 1.807) is 31.2 Å². The quantitative estimate of drug-likeness (QED) is 0.836. The maximum absolute atomic E-state index is 11.8. The predicted molar refractivity (Wildman–Crippen MR) is 88.7 cm³/mol. The van der Waals surface area contributed by atoms with Crippen molar-refractivity contribution < 1.29 is 8.42 Å². The van der Waals surface area contributed by atoms with Gasteiger partial charge in [-0.25, -0.2) is 13.1 Å². The lowest BCUT2D eigenvalue weighted by Crippen LogP contribution is -2.23. The van der Waals surface area contributed by atoms with Crippen molar-refractivity contribution in [2.24, 2.45) is 0 Å². The Morgan fingerprint density at radius 1 is 1.29 bits per heavy atom. The van der Waals surface area contributed by atoms with Crippen molar-refractivity contribution in [2.75, 3.05) is 11.9 Å². The molecule has 4 nitrogen and oxygen atoms in total. The number of thiophene rings is 1. The third-order valence-corrected chi connectivity index (χ3v) is 5.64. The van der Waals surface area contributed by atoms with Crippen molar-refractivity contribution in [1.29, 1.82) is 0 Å². The van der Waals surface area contributed by atoms with Crippen molar-refractivity contribution in [3.63, 3.8) is 0 Å². The Balaban J connectivity index is 2.09. The molecule has 0 saturated heterocycles. The number of hydrogen-bond donors (Lipinski definition) is 2. The van der Waals surface area contributed by atoms with Crippen LogP contribution in [-0.2, 0) is 10.0 Å². The molecule has 2 rings (SSSR count). The molecule has 1 unspecified atom stereocenters. The minimum absolute atomic E-state index is 0.102. The second kappa shape index (κ2) is 6.79. The molecule has 2 aromatic rings. The van der Waals surface area contributed by atoms with Crippen LogP contribution in [0.1, 0.15) is 25.5 Å². The van der Waals surface area contributed by atoms with Gasteiger partial charge in [0.25, 0.3) is 0 Å². The number of anilines is 1. The maximum Gasteiger partial charge on any atom is 0.240 e. The largest absolute Gasteiger partial charge is 0.378 e. The van der Waals surface area contributed by atoms with E-state index < -0.39 is 10.0 Å². The van der Waals surface area contributed by atoms with Crippen LogP contribution in [-0.4, -0.2) is 15.0 Å².